The summed E-state index contributed by atoms with van der Waals surface area (Å²) in [6.45, 7) is 0. The molecule has 0 saturated heterocycles. The van der Waals surface area contributed by atoms with Crippen LogP contribution in [-0.4, -0.2) is 11.0 Å². The summed E-state index contributed by atoms with van der Waals surface area (Å²) in [5.41, 5.74) is 1.36. The van der Waals surface area contributed by atoms with Crippen LogP contribution in [0.5, 0.6) is 0 Å². The summed E-state index contributed by atoms with van der Waals surface area (Å²) in [5.74, 6) is -0.391. The van der Waals surface area contributed by atoms with Crippen LogP contribution in [0.2, 0.25) is 0 Å². The van der Waals surface area contributed by atoms with E-state index in [4.69, 9.17) is 4.42 Å². The molecule has 0 aliphatic rings. The molecule has 0 amide bonds. The number of rotatable bonds is 3. The second-order valence-electron chi connectivity index (χ2n) is 4.23. The number of carbonyl (C=O) groups is 1. The Hall–Kier alpha value is -1.24. The number of nitrogens with zero attached hydrogens (tertiary/aromatic N) is 1. The Balaban J connectivity index is 0.00000161. The molecule has 0 N–H and O–H groups in total. The van der Waals surface area contributed by atoms with E-state index in [1.165, 1.54) is 6.07 Å². The smallest absolute Gasteiger partial charge is 0.545 e. The van der Waals surface area contributed by atoms with E-state index in [2.05, 4.69) is 4.98 Å². The van der Waals surface area contributed by atoms with E-state index in [0.29, 0.717) is 11.3 Å². The van der Waals surface area contributed by atoms with Gasteiger partial charge in [-0.1, -0.05) is 48.5 Å². The number of carboxylic acids is 1. The van der Waals surface area contributed by atoms with Gasteiger partial charge in [0.25, 0.3) is 0 Å². The first-order chi connectivity index (χ1) is 9.75. The largest absolute Gasteiger partial charge is 1.00 e. The van der Waals surface area contributed by atoms with Crippen LogP contribution in [0.3, 0.4) is 0 Å². The third kappa shape index (κ3) is 3.51. The maximum atomic E-state index is 11.1. The van der Waals surface area contributed by atoms with Crippen molar-refractivity contribution in [1.82, 2.24) is 4.98 Å². The molecule has 1 aromatic heterocycles. The minimum absolute atomic E-state index is 0. The van der Waals surface area contributed by atoms with Crippen molar-refractivity contribution >= 4 is 5.97 Å². The Labute approximate surface area is 164 Å². The maximum Gasteiger partial charge on any atom is 1.00 e. The molecule has 2 aromatic carbocycles. The van der Waals surface area contributed by atoms with Gasteiger partial charge >= 0.3 is 51.4 Å². The van der Waals surface area contributed by atoms with Crippen molar-refractivity contribution in [2.45, 2.75) is 0 Å². The van der Waals surface area contributed by atoms with E-state index in [0.717, 1.165) is 5.56 Å². The van der Waals surface area contributed by atoms with Gasteiger partial charge in [-0.3, -0.25) is 0 Å². The molecule has 0 atom stereocenters. The van der Waals surface area contributed by atoms with Gasteiger partial charge in [-0.15, -0.1) is 0 Å². The van der Waals surface area contributed by atoms with Crippen molar-refractivity contribution in [3.05, 3.63) is 66.4 Å². The van der Waals surface area contributed by atoms with Crippen LogP contribution in [0.15, 0.2) is 65.2 Å². The van der Waals surface area contributed by atoms with Crippen LogP contribution < -0.4 is 56.5 Å². The fourth-order valence-electron chi connectivity index (χ4n) is 1.98. The van der Waals surface area contributed by atoms with Gasteiger partial charge < -0.3 is 14.3 Å². The third-order valence-corrected chi connectivity index (χ3v) is 2.94. The summed E-state index contributed by atoms with van der Waals surface area (Å²) in [7, 11) is 0. The number of aromatic nitrogens is 1. The minimum atomic E-state index is -1.25. The normalized spacial score (nSPS) is 9.90. The topological polar surface area (TPSA) is 66.2 Å². The molecule has 21 heavy (non-hydrogen) atoms. The van der Waals surface area contributed by atoms with E-state index in [1.54, 1.807) is 24.4 Å². The number of oxazole rings is 1. The summed E-state index contributed by atoms with van der Waals surface area (Å²) in [4.78, 5) is 15.2. The molecule has 0 bridgehead atoms. The molecule has 0 saturated carbocycles. The first kappa shape index (κ1) is 16.1. The number of benzene rings is 2. The molecular weight excluding hydrogens is 293 g/mol. The molecule has 4 nitrogen and oxygen atoms in total. The van der Waals surface area contributed by atoms with Crippen molar-refractivity contribution in [2.24, 2.45) is 0 Å². The Morgan fingerprint density at radius 3 is 2.38 bits per heavy atom. The molecule has 0 aliphatic carbocycles. The van der Waals surface area contributed by atoms with Gasteiger partial charge in [-0.25, -0.2) is 4.98 Å². The van der Waals surface area contributed by atoms with Crippen LogP contribution in [-0.2, 0) is 0 Å². The number of carboxylic acid groups (broad SMARTS) is 1. The summed E-state index contributed by atoms with van der Waals surface area (Å²) >= 11 is 0. The SMILES string of the molecule is O=C([O-])c1ccccc1-c1ncc(-c2ccccc2)o1.[K+]. The monoisotopic (exact) mass is 303 g/mol. The second kappa shape index (κ2) is 7.15. The molecule has 5 heteroatoms. The molecule has 3 rings (SSSR count). The standard InChI is InChI=1S/C16H11NO3.K/c18-16(19)13-9-5-4-8-12(13)15-17-10-14(20-15)11-6-2-1-3-7-11;/h1-10H,(H,18,19);/q;+1/p-1. The molecule has 0 radical (unpaired) electrons. The Morgan fingerprint density at radius 1 is 1.00 bits per heavy atom. The van der Waals surface area contributed by atoms with Gasteiger partial charge in [-0.05, 0) is 6.07 Å². The Bertz CT molecular complexity index is 753. The van der Waals surface area contributed by atoms with Crippen LogP contribution >= 0.6 is 0 Å². The number of carbonyl (C=O) groups excluding carboxylic acids is 1. The van der Waals surface area contributed by atoms with Gasteiger partial charge in [0.1, 0.15) is 0 Å². The summed E-state index contributed by atoms with van der Waals surface area (Å²) in [5, 5.41) is 11.1. The van der Waals surface area contributed by atoms with Crippen LogP contribution in [0, 0.1) is 0 Å². The Morgan fingerprint density at radius 2 is 1.67 bits per heavy atom. The van der Waals surface area contributed by atoms with Crippen LogP contribution in [0.1, 0.15) is 10.4 Å². The number of hydrogen-bond acceptors (Lipinski definition) is 4. The van der Waals surface area contributed by atoms with E-state index < -0.39 is 5.97 Å². The zero-order valence-corrected chi connectivity index (χ0v) is 14.6. The number of hydrogen-bond donors (Lipinski definition) is 0. The summed E-state index contributed by atoms with van der Waals surface area (Å²) < 4.78 is 5.64. The third-order valence-electron chi connectivity index (χ3n) is 2.94. The molecule has 1 heterocycles. The molecule has 0 fully saturated rings. The molecular formula is C16H10KNO3. The van der Waals surface area contributed by atoms with E-state index in [-0.39, 0.29) is 62.8 Å². The fourth-order valence-corrected chi connectivity index (χ4v) is 1.98. The quantitative estimate of drug-likeness (QED) is 0.605. The summed E-state index contributed by atoms with van der Waals surface area (Å²) in [6, 6.07) is 16.0. The molecule has 0 aliphatic heterocycles. The minimum Gasteiger partial charge on any atom is -0.545 e. The maximum absolute atomic E-state index is 11.1. The van der Waals surface area contributed by atoms with E-state index in [1.807, 2.05) is 30.3 Å². The van der Waals surface area contributed by atoms with Crippen molar-refractivity contribution in [1.29, 1.82) is 0 Å². The second-order valence-corrected chi connectivity index (χ2v) is 4.23. The summed E-state index contributed by atoms with van der Waals surface area (Å²) in [6.07, 6.45) is 1.58. The predicted octanol–water partition coefficient (Wildman–Crippen LogP) is -0.624. The van der Waals surface area contributed by atoms with Crippen molar-refractivity contribution in [3.63, 3.8) is 0 Å². The predicted molar refractivity (Wildman–Crippen MR) is 71.7 cm³/mol. The zero-order valence-electron chi connectivity index (χ0n) is 11.4. The van der Waals surface area contributed by atoms with Gasteiger partial charge in [0.15, 0.2) is 5.76 Å². The number of aromatic carboxylic acids is 1. The molecule has 0 spiro atoms. The average Bonchev–Trinajstić information content (AvgIpc) is 2.98. The van der Waals surface area contributed by atoms with Gasteiger partial charge in [0.2, 0.25) is 5.89 Å². The van der Waals surface area contributed by atoms with Gasteiger partial charge in [0.05, 0.1) is 12.2 Å². The average molecular weight is 303 g/mol. The first-order valence-corrected chi connectivity index (χ1v) is 6.08. The van der Waals surface area contributed by atoms with Crippen LogP contribution in [0.25, 0.3) is 22.8 Å². The fraction of sp³-hybridized carbons (Fsp3) is 0. The first-order valence-electron chi connectivity index (χ1n) is 6.08. The van der Waals surface area contributed by atoms with Crippen molar-refractivity contribution in [3.8, 4) is 22.8 Å². The molecule has 0 unspecified atom stereocenters. The van der Waals surface area contributed by atoms with Crippen molar-refractivity contribution in [2.75, 3.05) is 0 Å². The van der Waals surface area contributed by atoms with Gasteiger partial charge in [-0.2, -0.15) is 0 Å². The van der Waals surface area contributed by atoms with E-state index >= 15 is 0 Å². The Kier molecular flexibility index (Phi) is 5.49. The van der Waals surface area contributed by atoms with Gasteiger partial charge in [0, 0.05) is 16.7 Å². The molecule has 98 valence electrons. The van der Waals surface area contributed by atoms with Crippen LogP contribution in [0.4, 0.5) is 0 Å². The van der Waals surface area contributed by atoms with Crippen molar-refractivity contribution < 1.29 is 65.7 Å². The zero-order chi connectivity index (χ0) is 13.9. The van der Waals surface area contributed by atoms with E-state index in [9.17, 15) is 9.90 Å². The molecule has 3 aromatic rings.